The van der Waals surface area contributed by atoms with Crippen LogP contribution >= 0.6 is 11.3 Å². The lowest BCUT2D eigenvalue weighted by atomic mass is 10.0. The van der Waals surface area contributed by atoms with Gasteiger partial charge in [0.2, 0.25) is 0 Å². The molecule has 1 aliphatic rings. The zero-order valence-electron chi connectivity index (χ0n) is 11.5. The van der Waals surface area contributed by atoms with E-state index in [2.05, 4.69) is 11.4 Å². The van der Waals surface area contributed by atoms with Gasteiger partial charge in [-0.1, -0.05) is 37.8 Å². The van der Waals surface area contributed by atoms with Crippen molar-refractivity contribution in [2.24, 2.45) is 0 Å². The first-order valence-corrected chi connectivity index (χ1v) is 8.21. The van der Waals surface area contributed by atoms with E-state index in [1.54, 1.807) is 11.3 Å². The highest BCUT2D eigenvalue weighted by Gasteiger charge is 2.18. The molecular formula is C17H18N2S. The first-order chi connectivity index (χ1) is 9.86. The molecule has 0 N–H and O–H groups in total. The largest absolute Gasteiger partial charge is 0.241 e. The molecule has 1 heterocycles. The van der Waals surface area contributed by atoms with E-state index < -0.39 is 0 Å². The minimum absolute atomic E-state index is 0.649. The summed E-state index contributed by atoms with van der Waals surface area (Å²) >= 11 is 1.78. The van der Waals surface area contributed by atoms with Gasteiger partial charge in [-0.2, -0.15) is 5.26 Å². The third kappa shape index (κ3) is 2.91. The number of nitriles is 1. The van der Waals surface area contributed by atoms with E-state index in [0.29, 0.717) is 11.5 Å². The fourth-order valence-corrected chi connectivity index (χ4v) is 3.88. The van der Waals surface area contributed by atoms with E-state index in [-0.39, 0.29) is 0 Å². The van der Waals surface area contributed by atoms with E-state index >= 15 is 0 Å². The van der Waals surface area contributed by atoms with Crippen LogP contribution in [0.2, 0.25) is 0 Å². The lowest BCUT2D eigenvalue weighted by molar-refractivity contribution is 0.589. The summed E-state index contributed by atoms with van der Waals surface area (Å²) in [7, 11) is 0. The quantitative estimate of drug-likeness (QED) is 0.717. The molecule has 0 amide bonds. The van der Waals surface area contributed by atoms with Crippen LogP contribution in [0.1, 0.15) is 55.0 Å². The summed E-state index contributed by atoms with van der Waals surface area (Å²) in [4.78, 5) is 4.83. The van der Waals surface area contributed by atoms with E-state index in [1.807, 2.05) is 24.3 Å². The minimum atomic E-state index is 0.649. The van der Waals surface area contributed by atoms with Crippen LogP contribution in [-0.2, 0) is 0 Å². The molecule has 3 rings (SSSR count). The molecule has 1 aromatic heterocycles. The molecule has 0 saturated heterocycles. The summed E-state index contributed by atoms with van der Waals surface area (Å²) < 4.78 is 0. The topological polar surface area (TPSA) is 36.7 Å². The maximum absolute atomic E-state index is 8.98. The predicted octanol–water partition coefficient (Wildman–Crippen LogP) is 5.12. The van der Waals surface area contributed by atoms with Gasteiger partial charge in [0, 0.05) is 16.9 Å². The summed E-state index contributed by atoms with van der Waals surface area (Å²) in [5.74, 6) is 0.649. The summed E-state index contributed by atoms with van der Waals surface area (Å²) in [5.41, 5.74) is 2.78. The van der Waals surface area contributed by atoms with Crippen LogP contribution in [0.15, 0.2) is 29.6 Å². The highest BCUT2D eigenvalue weighted by molar-refractivity contribution is 7.10. The van der Waals surface area contributed by atoms with Gasteiger partial charge >= 0.3 is 0 Å². The number of benzene rings is 1. The molecule has 2 aromatic rings. The molecule has 1 fully saturated rings. The van der Waals surface area contributed by atoms with E-state index in [0.717, 1.165) is 11.3 Å². The van der Waals surface area contributed by atoms with E-state index in [4.69, 9.17) is 10.2 Å². The van der Waals surface area contributed by atoms with Gasteiger partial charge in [0.15, 0.2) is 0 Å². The van der Waals surface area contributed by atoms with Crippen LogP contribution in [0, 0.1) is 11.3 Å². The van der Waals surface area contributed by atoms with Crippen molar-refractivity contribution in [1.82, 2.24) is 4.98 Å². The Morgan fingerprint density at radius 2 is 1.95 bits per heavy atom. The first-order valence-electron chi connectivity index (χ1n) is 7.33. The Labute approximate surface area is 124 Å². The Kier molecular flexibility index (Phi) is 4.13. The standard InChI is InChI=1S/C17H18N2S/c18-11-13-6-5-9-15(10-13)16-12-20-17(19-16)14-7-3-1-2-4-8-14/h5-6,9-10,12,14H,1-4,7-8H2. The van der Waals surface area contributed by atoms with Crippen molar-refractivity contribution < 1.29 is 0 Å². The van der Waals surface area contributed by atoms with Crippen LogP contribution in [0.3, 0.4) is 0 Å². The van der Waals surface area contributed by atoms with Crippen molar-refractivity contribution in [3.05, 3.63) is 40.2 Å². The normalized spacial score (nSPS) is 16.6. The van der Waals surface area contributed by atoms with E-state index in [1.165, 1.54) is 43.5 Å². The van der Waals surface area contributed by atoms with Crippen LogP contribution in [0.5, 0.6) is 0 Å². The highest BCUT2D eigenvalue weighted by Crippen LogP contribution is 2.35. The molecule has 0 spiro atoms. The van der Waals surface area contributed by atoms with Crippen LogP contribution < -0.4 is 0 Å². The Morgan fingerprint density at radius 3 is 2.70 bits per heavy atom. The molecule has 0 radical (unpaired) electrons. The Balaban J connectivity index is 1.84. The van der Waals surface area contributed by atoms with Gasteiger partial charge in [0.1, 0.15) is 0 Å². The predicted molar refractivity (Wildman–Crippen MR) is 82.7 cm³/mol. The summed E-state index contributed by atoms with van der Waals surface area (Å²) in [6.45, 7) is 0. The number of thiazole rings is 1. The van der Waals surface area contributed by atoms with Crippen molar-refractivity contribution in [2.45, 2.75) is 44.4 Å². The molecular weight excluding hydrogens is 264 g/mol. The fraction of sp³-hybridized carbons (Fsp3) is 0.412. The highest BCUT2D eigenvalue weighted by atomic mass is 32.1. The second-order valence-corrected chi connectivity index (χ2v) is 6.34. The number of rotatable bonds is 2. The minimum Gasteiger partial charge on any atom is -0.241 e. The van der Waals surface area contributed by atoms with E-state index in [9.17, 15) is 0 Å². The lowest BCUT2D eigenvalue weighted by Gasteiger charge is -2.09. The molecule has 0 aliphatic heterocycles. The van der Waals surface area contributed by atoms with Gasteiger partial charge in [-0.25, -0.2) is 4.98 Å². The third-order valence-corrected chi connectivity index (χ3v) is 5.02. The number of hydrogen-bond acceptors (Lipinski definition) is 3. The third-order valence-electron chi connectivity index (χ3n) is 4.01. The number of hydrogen-bond donors (Lipinski definition) is 0. The maximum atomic E-state index is 8.98. The SMILES string of the molecule is N#Cc1cccc(-c2csc(C3CCCCCC3)n2)c1. The summed E-state index contributed by atoms with van der Waals surface area (Å²) in [6.07, 6.45) is 7.99. The van der Waals surface area contributed by atoms with Gasteiger partial charge in [0.05, 0.1) is 22.3 Å². The second kappa shape index (κ2) is 6.19. The van der Waals surface area contributed by atoms with Crippen molar-refractivity contribution >= 4 is 11.3 Å². The molecule has 0 unspecified atom stereocenters. The molecule has 0 bridgehead atoms. The summed E-state index contributed by atoms with van der Waals surface area (Å²) in [5, 5.41) is 12.4. The van der Waals surface area contributed by atoms with Gasteiger partial charge in [-0.15, -0.1) is 11.3 Å². The van der Waals surface area contributed by atoms with Crippen molar-refractivity contribution in [2.75, 3.05) is 0 Å². The Bertz CT molecular complexity index is 616. The molecule has 1 aliphatic carbocycles. The Morgan fingerprint density at radius 1 is 1.15 bits per heavy atom. The number of nitrogens with zero attached hydrogens (tertiary/aromatic N) is 2. The molecule has 20 heavy (non-hydrogen) atoms. The number of aromatic nitrogens is 1. The van der Waals surface area contributed by atoms with Crippen molar-refractivity contribution in [3.63, 3.8) is 0 Å². The molecule has 102 valence electrons. The van der Waals surface area contributed by atoms with Crippen molar-refractivity contribution in [3.8, 4) is 17.3 Å². The zero-order chi connectivity index (χ0) is 13.8. The first kappa shape index (κ1) is 13.3. The van der Waals surface area contributed by atoms with Gasteiger partial charge in [-0.05, 0) is 25.0 Å². The molecule has 2 nitrogen and oxygen atoms in total. The second-order valence-electron chi connectivity index (χ2n) is 5.45. The summed E-state index contributed by atoms with van der Waals surface area (Å²) in [6, 6.07) is 9.91. The Hall–Kier alpha value is -1.66. The van der Waals surface area contributed by atoms with Gasteiger partial charge in [-0.3, -0.25) is 0 Å². The van der Waals surface area contributed by atoms with Gasteiger partial charge < -0.3 is 0 Å². The van der Waals surface area contributed by atoms with Gasteiger partial charge in [0.25, 0.3) is 0 Å². The van der Waals surface area contributed by atoms with Crippen LogP contribution in [0.25, 0.3) is 11.3 Å². The molecule has 0 atom stereocenters. The molecule has 1 aromatic carbocycles. The molecule has 3 heteroatoms. The molecule has 1 saturated carbocycles. The average molecular weight is 282 g/mol. The van der Waals surface area contributed by atoms with Crippen LogP contribution in [-0.4, -0.2) is 4.98 Å². The average Bonchev–Trinajstić information content (AvgIpc) is 2.83. The van der Waals surface area contributed by atoms with Crippen molar-refractivity contribution in [1.29, 1.82) is 5.26 Å². The fourth-order valence-electron chi connectivity index (χ4n) is 2.88. The maximum Gasteiger partial charge on any atom is 0.0991 e. The monoisotopic (exact) mass is 282 g/mol. The van der Waals surface area contributed by atoms with Crippen LogP contribution in [0.4, 0.5) is 0 Å². The zero-order valence-corrected chi connectivity index (χ0v) is 12.3. The smallest absolute Gasteiger partial charge is 0.0991 e. The lowest BCUT2D eigenvalue weighted by Crippen LogP contribution is -1.96.